The lowest BCUT2D eigenvalue weighted by molar-refractivity contribution is -0.124. The van der Waals surface area contributed by atoms with E-state index < -0.39 is 6.03 Å². The van der Waals surface area contributed by atoms with Gasteiger partial charge >= 0.3 is 6.03 Å². The zero-order valence-electron chi connectivity index (χ0n) is 13.9. The Hall–Kier alpha value is -1.92. The van der Waals surface area contributed by atoms with Crippen molar-refractivity contribution in [2.45, 2.75) is 25.9 Å². The number of carbonyl (C=O) groups excluding carboxylic acids is 2. The van der Waals surface area contributed by atoms with E-state index in [1.807, 2.05) is 18.0 Å². The van der Waals surface area contributed by atoms with Gasteiger partial charge in [0.2, 0.25) is 5.91 Å². The molecule has 0 spiro atoms. The maximum Gasteiger partial charge on any atom is 0.318 e. The summed E-state index contributed by atoms with van der Waals surface area (Å²) in [5.41, 5.74) is 6.32. The van der Waals surface area contributed by atoms with Crippen LogP contribution in [0.4, 0.5) is 4.79 Å². The Morgan fingerprint density at radius 1 is 1.39 bits per heavy atom. The summed E-state index contributed by atoms with van der Waals surface area (Å²) < 4.78 is 0. The van der Waals surface area contributed by atoms with Gasteiger partial charge in [0, 0.05) is 19.6 Å². The Morgan fingerprint density at radius 3 is 2.74 bits per heavy atom. The first kappa shape index (κ1) is 17.4. The summed E-state index contributed by atoms with van der Waals surface area (Å²) >= 11 is 0. The highest BCUT2D eigenvalue weighted by Gasteiger charge is 2.27. The van der Waals surface area contributed by atoms with Gasteiger partial charge in [-0.3, -0.25) is 19.9 Å². The predicted octanol–water partition coefficient (Wildman–Crippen LogP) is 1.02. The maximum atomic E-state index is 11.8. The van der Waals surface area contributed by atoms with Gasteiger partial charge < -0.3 is 5.73 Å². The van der Waals surface area contributed by atoms with Crippen molar-refractivity contribution in [2.75, 3.05) is 26.7 Å². The summed E-state index contributed by atoms with van der Waals surface area (Å²) in [4.78, 5) is 27.0. The zero-order chi connectivity index (χ0) is 16.8. The van der Waals surface area contributed by atoms with Crippen LogP contribution in [0.25, 0.3) is 0 Å². The van der Waals surface area contributed by atoms with Gasteiger partial charge in [0.1, 0.15) is 0 Å². The minimum absolute atomic E-state index is 0.348. The Bertz CT molecular complexity index is 535. The first-order valence-corrected chi connectivity index (χ1v) is 8.02. The number of imide groups is 1. The molecule has 3 N–H and O–H groups in total. The Morgan fingerprint density at radius 2 is 2.09 bits per heavy atom. The van der Waals surface area contributed by atoms with Crippen LogP contribution in [-0.2, 0) is 11.3 Å². The zero-order valence-corrected chi connectivity index (χ0v) is 13.9. The lowest BCUT2D eigenvalue weighted by Crippen LogP contribution is -2.48. The van der Waals surface area contributed by atoms with Crippen LogP contribution >= 0.6 is 0 Å². The van der Waals surface area contributed by atoms with E-state index in [1.54, 1.807) is 6.92 Å². The van der Waals surface area contributed by atoms with Crippen LogP contribution in [0.5, 0.6) is 0 Å². The molecule has 126 valence electrons. The van der Waals surface area contributed by atoms with Gasteiger partial charge in [-0.25, -0.2) is 4.79 Å². The largest absolute Gasteiger partial charge is 0.351 e. The van der Waals surface area contributed by atoms with E-state index in [0.29, 0.717) is 5.92 Å². The standard InChI is InChI=1S/C17H26N4O2/c1-13(16(22)19-17(18)23)20(2)10-15-8-9-21(12-15)11-14-6-4-3-5-7-14/h3-7,13,15H,8-12H2,1-2H3,(H3,18,19,22,23)/t13-,15-/m1/s1. The van der Waals surface area contributed by atoms with E-state index in [1.165, 1.54) is 5.56 Å². The highest BCUT2D eigenvalue weighted by atomic mass is 16.2. The summed E-state index contributed by atoms with van der Waals surface area (Å²) in [6.07, 6.45) is 1.13. The monoisotopic (exact) mass is 318 g/mol. The van der Waals surface area contributed by atoms with Crippen LogP contribution in [0.3, 0.4) is 0 Å². The van der Waals surface area contributed by atoms with Gasteiger partial charge in [0.15, 0.2) is 0 Å². The van der Waals surface area contributed by atoms with Gasteiger partial charge in [0.05, 0.1) is 6.04 Å². The molecule has 1 aliphatic rings. The molecule has 6 nitrogen and oxygen atoms in total. The van der Waals surface area contributed by atoms with E-state index in [0.717, 1.165) is 32.6 Å². The molecule has 0 aliphatic carbocycles. The molecule has 0 saturated carbocycles. The lowest BCUT2D eigenvalue weighted by Gasteiger charge is -2.26. The first-order chi connectivity index (χ1) is 11.0. The molecule has 0 unspecified atom stereocenters. The fourth-order valence-corrected chi connectivity index (χ4v) is 3.04. The molecule has 1 aliphatic heterocycles. The third-order valence-corrected chi connectivity index (χ3v) is 4.45. The highest BCUT2D eigenvalue weighted by molar-refractivity contribution is 5.96. The maximum absolute atomic E-state index is 11.8. The Balaban J connectivity index is 1.78. The number of nitrogens with zero attached hydrogens (tertiary/aromatic N) is 2. The molecule has 1 fully saturated rings. The molecule has 3 amide bonds. The fourth-order valence-electron chi connectivity index (χ4n) is 3.04. The Labute approximate surface area is 137 Å². The number of carbonyl (C=O) groups is 2. The smallest absolute Gasteiger partial charge is 0.318 e. The third-order valence-electron chi connectivity index (χ3n) is 4.45. The fraction of sp³-hybridized carbons (Fsp3) is 0.529. The first-order valence-electron chi connectivity index (χ1n) is 8.02. The average Bonchev–Trinajstić information content (AvgIpc) is 2.93. The van der Waals surface area contributed by atoms with Crippen LogP contribution in [0, 0.1) is 5.92 Å². The van der Waals surface area contributed by atoms with Crippen molar-refractivity contribution in [1.82, 2.24) is 15.1 Å². The van der Waals surface area contributed by atoms with Crippen LogP contribution < -0.4 is 11.1 Å². The van der Waals surface area contributed by atoms with Gasteiger partial charge in [-0.15, -0.1) is 0 Å². The molecule has 0 aromatic heterocycles. The summed E-state index contributed by atoms with van der Waals surface area (Å²) in [6, 6.07) is 9.29. The van der Waals surface area contributed by atoms with Gasteiger partial charge in [0.25, 0.3) is 0 Å². The second-order valence-electron chi connectivity index (χ2n) is 6.34. The SMILES string of the molecule is C[C@H](C(=O)NC(N)=O)N(C)C[C@H]1CCN(Cc2ccccc2)C1. The molecule has 2 rings (SSSR count). The van der Waals surface area contributed by atoms with E-state index in [-0.39, 0.29) is 11.9 Å². The number of hydrogen-bond donors (Lipinski definition) is 2. The van der Waals surface area contributed by atoms with Crippen molar-refractivity contribution < 1.29 is 9.59 Å². The summed E-state index contributed by atoms with van der Waals surface area (Å²) in [6.45, 7) is 5.70. The van der Waals surface area contributed by atoms with Crippen LogP contribution in [0.15, 0.2) is 30.3 Å². The van der Waals surface area contributed by atoms with Crippen molar-refractivity contribution in [3.8, 4) is 0 Å². The molecular weight excluding hydrogens is 292 g/mol. The molecule has 0 bridgehead atoms. The van der Waals surface area contributed by atoms with Crippen LogP contribution in [0.2, 0.25) is 0 Å². The molecule has 1 saturated heterocycles. The number of primary amides is 1. The third kappa shape index (κ3) is 5.33. The van der Waals surface area contributed by atoms with Crippen LogP contribution in [-0.4, -0.2) is 54.5 Å². The number of nitrogens with two attached hydrogens (primary N) is 1. The number of likely N-dealkylation sites (N-methyl/N-ethyl adjacent to an activating group) is 1. The van der Waals surface area contributed by atoms with Gasteiger partial charge in [-0.2, -0.15) is 0 Å². The molecule has 1 aromatic rings. The van der Waals surface area contributed by atoms with Gasteiger partial charge in [-0.05, 0) is 38.4 Å². The second kappa shape index (κ2) is 8.08. The van der Waals surface area contributed by atoms with E-state index >= 15 is 0 Å². The minimum atomic E-state index is -0.801. The van der Waals surface area contributed by atoms with Crippen molar-refractivity contribution in [3.05, 3.63) is 35.9 Å². The van der Waals surface area contributed by atoms with Crippen LogP contribution in [0.1, 0.15) is 18.9 Å². The number of nitrogens with one attached hydrogen (secondary N) is 1. The van der Waals surface area contributed by atoms with Crippen molar-refractivity contribution in [2.24, 2.45) is 11.7 Å². The summed E-state index contributed by atoms with van der Waals surface area (Å²) in [5.74, 6) is 0.187. The molecule has 1 heterocycles. The summed E-state index contributed by atoms with van der Waals surface area (Å²) in [7, 11) is 1.91. The molecule has 1 aromatic carbocycles. The lowest BCUT2D eigenvalue weighted by atomic mass is 10.1. The predicted molar refractivity (Wildman–Crippen MR) is 89.6 cm³/mol. The Kier molecular flexibility index (Phi) is 6.12. The molecule has 0 radical (unpaired) electrons. The van der Waals surface area contributed by atoms with Gasteiger partial charge in [-0.1, -0.05) is 30.3 Å². The second-order valence-corrected chi connectivity index (χ2v) is 6.34. The molecule has 23 heavy (non-hydrogen) atoms. The highest BCUT2D eigenvalue weighted by Crippen LogP contribution is 2.20. The van der Waals surface area contributed by atoms with Crippen molar-refractivity contribution in [1.29, 1.82) is 0 Å². The normalized spacial score (nSPS) is 19.7. The number of likely N-dealkylation sites (tertiary alicyclic amines) is 1. The molecular formula is C17H26N4O2. The number of amides is 3. The minimum Gasteiger partial charge on any atom is -0.351 e. The average molecular weight is 318 g/mol. The van der Waals surface area contributed by atoms with E-state index in [9.17, 15) is 9.59 Å². The number of benzene rings is 1. The van der Waals surface area contributed by atoms with Crippen molar-refractivity contribution in [3.63, 3.8) is 0 Å². The summed E-state index contributed by atoms with van der Waals surface area (Å²) in [5, 5.41) is 2.14. The number of hydrogen-bond acceptors (Lipinski definition) is 4. The quantitative estimate of drug-likeness (QED) is 0.821. The molecule has 2 atom stereocenters. The topological polar surface area (TPSA) is 78.7 Å². The van der Waals surface area contributed by atoms with E-state index in [4.69, 9.17) is 5.73 Å². The molecule has 6 heteroatoms. The van der Waals surface area contributed by atoms with E-state index in [2.05, 4.69) is 34.5 Å². The number of urea groups is 1. The van der Waals surface area contributed by atoms with Crippen molar-refractivity contribution >= 4 is 11.9 Å². The number of rotatable bonds is 6.